The van der Waals surface area contributed by atoms with E-state index in [4.69, 9.17) is 0 Å². The van der Waals surface area contributed by atoms with E-state index in [9.17, 15) is 0 Å². The molecule has 0 aliphatic carbocycles. The van der Waals surface area contributed by atoms with Gasteiger partial charge >= 0.3 is 0 Å². The third-order valence-corrected chi connectivity index (χ3v) is 4.58. The van der Waals surface area contributed by atoms with Gasteiger partial charge in [0, 0.05) is 12.6 Å². The Labute approximate surface area is 124 Å². The number of nitrogens with zero attached hydrogens (tertiary/aromatic N) is 1. The van der Waals surface area contributed by atoms with Crippen LogP contribution in [0.25, 0.3) is 0 Å². The summed E-state index contributed by atoms with van der Waals surface area (Å²) in [6.45, 7) is 11.5. The van der Waals surface area contributed by atoms with Crippen LogP contribution in [0, 0.1) is 13.8 Å². The lowest BCUT2D eigenvalue weighted by Gasteiger charge is -2.32. The average molecular weight is 274 g/mol. The Bertz CT molecular complexity index is 406. The quantitative estimate of drug-likeness (QED) is 0.851. The Morgan fingerprint density at radius 3 is 2.55 bits per heavy atom. The summed E-state index contributed by atoms with van der Waals surface area (Å²) >= 11 is 0. The van der Waals surface area contributed by atoms with E-state index in [0.717, 1.165) is 6.54 Å². The van der Waals surface area contributed by atoms with Crippen LogP contribution in [-0.4, -0.2) is 30.6 Å². The minimum absolute atomic E-state index is 0.703. The molecule has 0 radical (unpaired) electrons. The highest BCUT2D eigenvalue weighted by Gasteiger charge is 2.17. The van der Waals surface area contributed by atoms with Crippen molar-refractivity contribution < 1.29 is 0 Å². The molecule has 0 atom stereocenters. The van der Waals surface area contributed by atoms with Gasteiger partial charge in [-0.3, -0.25) is 0 Å². The highest BCUT2D eigenvalue weighted by atomic mass is 15.1. The molecule has 1 saturated heterocycles. The molecule has 1 aromatic rings. The van der Waals surface area contributed by atoms with Crippen LogP contribution in [0.5, 0.6) is 0 Å². The average Bonchev–Trinajstić information content (AvgIpc) is 2.47. The maximum absolute atomic E-state index is 3.73. The summed E-state index contributed by atoms with van der Waals surface area (Å²) in [4.78, 5) is 2.62. The number of rotatable bonds is 6. The van der Waals surface area contributed by atoms with Crippen molar-refractivity contribution in [1.82, 2.24) is 10.2 Å². The first-order valence-corrected chi connectivity index (χ1v) is 8.21. The molecule has 1 aliphatic heterocycles. The highest BCUT2D eigenvalue weighted by molar-refractivity contribution is 5.29. The molecule has 1 aliphatic rings. The van der Waals surface area contributed by atoms with Gasteiger partial charge in [0.2, 0.25) is 0 Å². The Balaban J connectivity index is 1.71. The monoisotopic (exact) mass is 274 g/mol. The number of nitrogens with one attached hydrogen (secondary N) is 1. The maximum atomic E-state index is 3.73. The van der Waals surface area contributed by atoms with Gasteiger partial charge in [0.1, 0.15) is 0 Å². The molecule has 0 aromatic heterocycles. The fraction of sp³-hybridized carbons (Fsp3) is 0.667. The summed E-state index contributed by atoms with van der Waals surface area (Å²) in [5.41, 5.74) is 4.21. The van der Waals surface area contributed by atoms with E-state index < -0.39 is 0 Å². The molecule has 2 heteroatoms. The molecular formula is C18H30N2. The van der Waals surface area contributed by atoms with Crippen LogP contribution in [0.4, 0.5) is 0 Å². The molecule has 1 aromatic carbocycles. The fourth-order valence-electron chi connectivity index (χ4n) is 2.92. The first kappa shape index (κ1) is 15.5. The predicted molar refractivity (Wildman–Crippen MR) is 87.1 cm³/mol. The normalized spacial score (nSPS) is 17.6. The second-order valence-electron chi connectivity index (χ2n) is 6.27. The number of aryl methyl sites for hydroxylation is 2. The van der Waals surface area contributed by atoms with Crippen molar-refractivity contribution in [3.05, 3.63) is 34.9 Å². The van der Waals surface area contributed by atoms with E-state index in [0.29, 0.717) is 6.04 Å². The molecule has 1 heterocycles. The number of benzene rings is 1. The lowest BCUT2D eigenvalue weighted by molar-refractivity contribution is 0.195. The first-order chi connectivity index (χ1) is 9.69. The highest BCUT2D eigenvalue weighted by Crippen LogP contribution is 2.13. The van der Waals surface area contributed by atoms with Crippen LogP contribution in [-0.2, 0) is 6.54 Å². The number of unbranched alkanes of at least 4 members (excludes halogenated alkanes) is 1. The topological polar surface area (TPSA) is 15.3 Å². The molecule has 1 fully saturated rings. The largest absolute Gasteiger partial charge is 0.310 e. The smallest absolute Gasteiger partial charge is 0.0208 e. The van der Waals surface area contributed by atoms with Gasteiger partial charge < -0.3 is 10.2 Å². The van der Waals surface area contributed by atoms with Crippen molar-refractivity contribution in [3.63, 3.8) is 0 Å². The number of hydrogen-bond acceptors (Lipinski definition) is 2. The number of piperidine rings is 1. The number of likely N-dealkylation sites (tertiary alicyclic amines) is 1. The SMILES string of the molecule is CCCCN1CCC(NCc2ccc(C)c(C)c2)CC1. The van der Waals surface area contributed by atoms with Gasteiger partial charge in [-0.25, -0.2) is 0 Å². The molecule has 0 saturated carbocycles. The van der Waals surface area contributed by atoms with Crippen LogP contribution >= 0.6 is 0 Å². The summed E-state index contributed by atoms with van der Waals surface area (Å²) in [7, 11) is 0. The van der Waals surface area contributed by atoms with Gasteiger partial charge in [-0.05, 0) is 69.4 Å². The van der Waals surface area contributed by atoms with Crippen LogP contribution < -0.4 is 5.32 Å². The predicted octanol–water partition coefficient (Wildman–Crippen LogP) is 3.66. The van der Waals surface area contributed by atoms with Gasteiger partial charge in [0.15, 0.2) is 0 Å². The van der Waals surface area contributed by atoms with Crippen molar-refractivity contribution in [2.75, 3.05) is 19.6 Å². The van der Waals surface area contributed by atoms with Gasteiger partial charge in [-0.1, -0.05) is 31.5 Å². The van der Waals surface area contributed by atoms with E-state index >= 15 is 0 Å². The molecule has 0 spiro atoms. The van der Waals surface area contributed by atoms with Crippen LogP contribution in [0.15, 0.2) is 18.2 Å². The summed E-state index contributed by atoms with van der Waals surface area (Å²) in [6, 6.07) is 7.51. The van der Waals surface area contributed by atoms with Crippen LogP contribution in [0.2, 0.25) is 0 Å². The molecule has 2 rings (SSSR count). The van der Waals surface area contributed by atoms with E-state index in [2.05, 4.69) is 49.2 Å². The van der Waals surface area contributed by atoms with Crippen molar-refractivity contribution in [2.24, 2.45) is 0 Å². The van der Waals surface area contributed by atoms with Gasteiger partial charge in [-0.15, -0.1) is 0 Å². The molecule has 20 heavy (non-hydrogen) atoms. The Morgan fingerprint density at radius 1 is 1.15 bits per heavy atom. The zero-order valence-electron chi connectivity index (χ0n) is 13.4. The Morgan fingerprint density at radius 2 is 1.90 bits per heavy atom. The molecule has 0 amide bonds. The van der Waals surface area contributed by atoms with E-state index in [1.165, 1.54) is 62.0 Å². The summed E-state index contributed by atoms with van der Waals surface area (Å²) < 4.78 is 0. The zero-order chi connectivity index (χ0) is 14.4. The van der Waals surface area contributed by atoms with Crippen molar-refractivity contribution in [1.29, 1.82) is 0 Å². The third kappa shape index (κ3) is 4.60. The molecule has 0 unspecified atom stereocenters. The first-order valence-electron chi connectivity index (χ1n) is 8.21. The molecule has 1 N–H and O–H groups in total. The standard InChI is InChI=1S/C18H30N2/c1-4-5-10-20-11-8-18(9-12-20)19-14-17-7-6-15(2)16(3)13-17/h6-7,13,18-19H,4-5,8-12,14H2,1-3H3. The third-order valence-electron chi connectivity index (χ3n) is 4.58. The van der Waals surface area contributed by atoms with Crippen molar-refractivity contribution in [3.8, 4) is 0 Å². The summed E-state index contributed by atoms with van der Waals surface area (Å²) in [5, 5.41) is 3.73. The van der Waals surface area contributed by atoms with Crippen LogP contribution in [0.3, 0.4) is 0 Å². The zero-order valence-corrected chi connectivity index (χ0v) is 13.4. The van der Waals surface area contributed by atoms with Gasteiger partial charge in [-0.2, -0.15) is 0 Å². The van der Waals surface area contributed by atoms with E-state index in [-0.39, 0.29) is 0 Å². The maximum Gasteiger partial charge on any atom is 0.0208 e. The lowest BCUT2D eigenvalue weighted by Crippen LogP contribution is -2.42. The minimum Gasteiger partial charge on any atom is -0.310 e. The van der Waals surface area contributed by atoms with Crippen molar-refractivity contribution in [2.45, 2.75) is 59.0 Å². The second kappa shape index (κ2) is 7.80. The van der Waals surface area contributed by atoms with Crippen molar-refractivity contribution >= 4 is 0 Å². The van der Waals surface area contributed by atoms with E-state index in [1.54, 1.807) is 0 Å². The Hall–Kier alpha value is -0.860. The summed E-state index contributed by atoms with van der Waals surface area (Å²) in [6.07, 6.45) is 5.26. The number of hydrogen-bond donors (Lipinski definition) is 1. The Kier molecular flexibility index (Phi) is 6.06. The molecule has 2 nitrogen and oxygen atoms in total. The van der Waals surface area contributed by atoms with Gasteiger partial charge in [0.05, 0.1) is 0 Å². The lowest BCUT2D eigenvalue weighted by atomic mass is 10.0. The summed E-state index contributed by atoms with van der Waals surface area (Å²) in [5.74, 6) is 0. The fourth-order valence-corrected chi connectivity index (χ4v) is 2.92. The van der Waals surface area contributed by atoms with E-state index in [1.807, 2.05) is 0 Å². The molecule has 0 bridgehead atoms. The molecule has 112 valence electrons. The second-order valence-corrected chi connectivity index (χ2v) is 6.27. The molecular weight excluding hydrogens is 244 g/mol. The van der Waals surface area contributed by atoms with Crippen LogP contribution in [0.1, 0.15) is 49.3 Å². The van der Waals surface area contributed by atoms with Gasteiger partial charge in [0.25, 0.3) is 0 Å². The minimum atomic E-state index is 0.703.